The van der Waals surface area contributed by atoms with E-state index < -0.39 is 0 Å². The van der Waals surface area contributed by atoms with Gasteiger partial charge < -0.3 is 9.47 Å². The quantitative estimate of drug-likeness (QED) is 0.680. The molecule has 1 atom stereocenters. The molecule has 1 aromatic rings. The maximum absolute atomic E-state index is 10.9. The first kappa shape index (κ1) is 13.6. The second kappa shape index (κ2) is 6.94. The van der Waals surface area contributed by atoms with Crippen molar-refractivity contribution in [3.8, 4) is 11.5 Å². The normalized spacial score (nSPS) is 11.9. The van der Waals surface area contributed by atoms with Crippen molar-refractivity contribution in [1.82, 2.24) is 0 Å². The molecule has 0 saturated heterocycles. The van der Waals surface area contributed by atoms with Crippen LogP contribution >= 0.6 is 0 Å². The Morgan fingerprint density at radius 1 is 1.35 bits per heavy atom. The lowest BCUT2D eigenvalue weighted by atomic mass is 10.2. The summed E-state index contributed by atoms with van der Waals surface area (Å²) in [5.41, 5.74) is 0.564. The summed E-state index contributed by atoms with van der Waals surface area (Å²) in [5, 5.41) is 0. The van der Waals surface area contributed by atoms with Crippen LogP contribution < -0.4 is 9.47 Å². The van der Waals surface area contributed by atoms with E-state index in [2.05, 4.69) is 6.92 Å². The summed E-state index contributed by atoms with van der Waals surface area (Å²) >= 11 is 0. The van der Waals surface area contributed by atoms with E-state index in [1.807, 2.05) is 13.8 Å². The van der Waals surface area contributed by atoms with Gasteiger partial charge in [0.15, 0.2) is 6.29 Å². The van der Waals surface area contributed by atoms with E-state index in [1.54, 1.807) is 18.2 Å². The highest BCUT2D eigenvalue weighted by Gasteiger charge is 2.08. The van der Waals surface area contributed by atoms with Gasteiger partial charge in [0.05, 0.1) is 18.3 Å². The Bertz CT molecular complexity index is 360. The van der Waals surface area contributed by atoms with Crippen molar-refractivity contribution in [1.29, 1.82) is 0 Å². The molecule has 0 aliphatic carbocycles. The van der Waals surface area contributed by atoms with Crippen molar-refractivity contribution < 1.29 is 14.3 Å². The lowest BCUT2D eigenvalue weighted by Crippen LogP contribution is -2.11. The monoisotopic (exact) mass is 236 g/mol. The minimum atomic E-state index is 0.0927. The van der Waals surface area contributed by atoms with Crippen LogP contribution in [0.15, 0.2) is 18.2 Å². The number of carbonyl (C=O) groups excluding carboxylic acids is 1. The molecule has 0 spiro atoms. The van der Waals surface area contributed by atoms with Gasteiger partial charge in [0.2, 0.25) is 0 Å². The fourth-order valence-electron chi connectivity index (χ4n) is 1.32. The van der Waals surface area contributed by atoms with Crippen LogP contribution in [0.25, 0.3) is 0 Å². The van der Waals surface area contributed by atoms with Gasteiger partial charge in [0, 0.05) is 6.07 Å². The van der Waals surface area contributed by atoms with Crippen LogP contribution in [0.5, 0.6) is 11.5 Å². The number of hydrogen-bond acceptors (Lipinski definition) is 3. The first-order valence-corrected chi connectivity index (χ1v) is 6.09. The summed E-state index contributed by atoms with van der Waals surface area (Å²) < 4.78 is 11.2. The van der Waals surface area contributed by atoms with E-state index in [0.29, 0.717) is 17.9 Å². The van der Waals surface area contributed by atoms with Crippen LogP contribution in [0.1, 0.15) is 44.0 Å². The van der Waals surface area contributed by atoms with Crippen molar-refractivity contribution in [2.45, 2.75) is 39.7 Å². The Morgan fingerprint density at radius 3 is 2.71 bits per heavy atom. The summed E-state index contributed by atoms with van der Waals surface area (Å²) in [6.45, 7) is 6.75. The molecule has 3 nitrogen and oxygen atoms in total. The van der Waals surface area contributed by atoms with Crippen molar-refractivity contribution in [2.24, 2.45) is 0 Å². The average Bonchev–Trinajstić information content (AvgIpc) is 2.36. The highest BCUT2D eigenvalue weighted by Crippen LogP contribution is 2.25. The van der Waals surface area contributed by atoms with Gasteiger partial charge in [-0.15, -0.1) is 0 Å². The summed E-state index contributed by atoms with van der Waals surface area (Å²) in [6, 6.07) is 5.31. The fraction of sp³-hybridized carbons (Fsp3) is 0.500. The van der Waals surface area contributed by atoms with Crippen LogP contribution in [0.2, 0.25) is 0 Å². The van der Waals surface area contributed by atoms with Crippen LogP contribution in [0, 0.1) is 0 Å². The third-order valence-electron chi connectivity index (χ3n) is 2.49. The van der Waals surface area contributed by atoms with E-state index >= 15 is 0 Å². The van der Waals surface area contributed by atoms with E-state index in [4.69, 9.17) is 9.47 Å². The summed E-state index contributed by atoms with van der Waals surface area (Å²) in [4.78, 5) is 10.9. The highest BCUT2D eigenvalue weighted by molar-refractivity contribution is 5.79. The third-order valence-corrected chi connectivity index (χ3v) is 2.49. The molecule has 0 radical (unpaired) electrons. The molecule has 1 unspecified atom stereocenters. The molecule has 0 aromatic heterocycles. The van der Waals surface area contributed by atoms with Crippen LogP contribution in [-0.2, 0) is 0 Å². The van der Waals surface area contributed by atoms with E-state index in [0.717, 1.165) is 24.9 Å². The molecule has 0 fully saturated rings. The van der Waals surface area contributed by atoms with E-state index in [9.17, 15) is 4.79 Å². The van der Waals surface area contributed by atoms with Crippen LogP contribution in [-0.4, -0.2) is 19.0 Å². The summed E-state index contributed by atoms with van der Waals surface area (Å²) in [6.07, 6.45) is 2.76. The molecule has 0 bridgehead atoms. The van der Waals surface area contributed by atoms with Gasteiger partial charge in [-0.2, -0.15) is 0 Å². The maximum atomic E-state index is 10.9. The molecule has 17 heavy (non-hydrogen) atoms. The summed E-state index contributed by atoms with van der Waals surface area (Å²) in [5.74, 6) is 1.35. The number of benzene rings is 1. The smallest absolute Gasteiger partial charge is 0.153 e. The predicted molar refractivity (Wildman–Crippen MR) is 68.0 cm³/mol. The first-order valence-electron chi connectivity index (χ1n) is 6.09. The highest BCUT2D eigenvalue weighted by atomic mass is 16.5. The Kier molecular flexibility index (Phi) is 5.53. The van der Waals surface area contributed by atoms with Gasteiger partial charge in [-0.1, -0.05) is 13.8 Å². The maximum Gasteiger partial charge on any atom is 0.153 e. The zero-order chi connectivity index (χ0) is 12.7. The molecule has 0 saturated carbocycles. The molecule has 0 N–H and O–H groups in total. The number of rotatable bonds is 7. The molecule has 1 rings (SSSR count). The lowest BCUT2D eigenvalue weighted by Gasteiger charge is -2.15. The largest absolute Gasteiger partial charge is 0.493 e. The second-order valence-electron chi connectivity index (χ2n) is 4.00. The molecule has 94 valence electrons. The van der Waals surface area contributed by atoms with Gasteiger partial charge in [-0.05, 0) is 31.9 Å². The molecule has 0 aliphatic heterocycles. The summed E-state index contributed by atoms with van der Waals surface area (Å²) in [7, 11) is 0. The first-order chi connectivity index (χ1) is 8.21. The number of hydrogen-bond donors (Lipinski definition) is 0. The Hall–Kier alpha value is -1.51. The minimum absolute atomic E-state index is 0.0927. The Balaban J connectivity index is 2.85. The molecule has 0 heterocycles. The van der Waals surface area contributed by atoms with Crippen LogP contribution in [0.3, 0.4) is 0 Å². The molecular weight excluding hydrogens is 216 g/mol. The zero-order valence-electron chi connectivity index (χ0n) is 10.7. The van der Waals surface area contributed by atoms with E-state index in [-0.39, 0.29) is 6.10 Å². The van der Waals surface area contributed by atoms with Gasteiger partial charge >= 0.3 is 0 Å². The van der Waals surface area contributed by atoms with Crippen molar-refractivity contribution in [3.63, 3.8) is 0 Å². The molecule has 1 aromatic carbocycles. The number of ether oxygens (including phenoxy) is 2. The Labute approximate surface area is 103 Å². The fourth-order valence-corrected chi connectivity index (χ4v) is 1.32. The van der Waals surface area contributed by atoms with E-state index in [1.165, 1.54) is 0 Å². The van der Waals surface area contributed by atoms with Gasteiger partial charge in [0.25, 0.3) is 0 Å². The SMILES string of the molecule is CCCOc1ccc(C=O)c(OC(C)CC)c1. The van der Waals surface area contributed by atoms with Crippen molar-refractivity contribution >= 4 is 6.29 Å². The van der Waals surface area contributed by atoms with Gasteiger partial charge in [0.1, 0.15) is 11.5 Å². The van der Waals surface area contributed by atoms with Gasteiger partial charge in [-0.3, -0.25) is 4.79 Å². The molecule has 3 heteroatoms. The van der Waals surface area contributed by atoms with Crippen molar-refractivity contribution in [2.75, 3.05) is 6.61 Å². The predicted octanol–water partition coefficient (Wildman–Crippen LogP) is 3.47. The topological polar surface area (TPSA) is 35.5 Å². The molecular formula is C14H20O3. The van der Waals surface area contributed by atoms with Gasteiger partial charge in [-0.25, -0.2) is 0 Å². The molecule has 0 aliphatic rings. The van der Waals surface area contributed by atoms with Crippen molar-refractivity contribution in [3.05, 3.63) is 23.8 Å². The lowest BCUT2D eigenvalue weighted by molar-refractivity contribution is 0.111. The van der Waals surface area contributed by atoms with Crippen LogP contribution in [0.4, 0.5) is 0 Å². The minimum Gasteiger partial charge on any atom is -0.493 e. The number of carbonyl (C=O) groups is 1. The average molecular weight is 236 g/mol. The number of aldehydes is 1. The third kappa shape index (κ3) is 4.10. The zero-order valence-corrected chi connectivity index (χ0v) is 10.7. The Morgan fingerprint density at radius 2 is 2.12 bits per heavy atom. The molecule has 0 amide bonds. The second-order valence-corrected chi connectivity index (χ2v) is 4.00. The standard InChI is InChI=1S/C14H20O3/c1-4-8-16-13-7-6-12(10-15)14(9-13)17-11(3)5-2/h6-7,9-11H,4-5,8H2,1-3H3.